The lowest BCUT2D eigenvalue weighted by atomic mass is 9.79. The van der Waals surface area contributed by atoms with Crippen LogP contribution >= 0.6 is 0 Å². The number of halogens is 6. The number of anilines is 2. The normalized spacial score (nSPS) is 16.5. The number of hydrogen-bond acceptors (Lipinski definition) is 3. The molecule has 0 unspecified atom stereocenters. The molecule has 0 saturated heterocycles. The van der Waals surface area contributed by atoms with Gasteiger partial charge in [-0.3, -0.25) is 0 Å². The van der Waals surface area contributed by atoms with Gasteiger partial charge in [-0.1, -0.05) is 64.1 Å². The molecule has 0 saturated carbocycles. The molecule has 1 aliphatic heterocycles. The fraction of sp³-hybridized carbons (Fsp3) is 0.297. The van der Waals surface area contributed by atoms with Crippen LogP contribution in [-0.4, -0.2) is 14.1 Å². The van der Waals surface area contributed by atoms with Gasteiger partial charge in [0.1, 0.15) is 11.5 Å². The van der Waals surface area contributed by atoms with E-state index in [1.807, 2.05) is 82.1 Å². The highest BCUT2D eigenvalue weighted by molar-refractivity contribution is 5.71. The highest BCUT2D eigenvalue weighted by Crippen LogP contribution is 2.48. The van der Waals surface area contributed by atoms with Gasteiger partial charge in [-0.2, -0.15) is 26.3 Å². The van der Waals surface area contributed by atoms with E-state index in [0.29, 0.717) is 40.4 Å². The van der Waals surface area contributed by atoms with Crippen LogP contribution in [0.3, 0.4) is 0 Å². The Morgan fingerprint density at radius 3 is 2.13 bits per heavy atom. The monoisotopic (exact) mass is 640 g/mol. The quantitative estimate of drug-likeness (QED) is 0.143. The molecule has 0 atom stereocenters. The fourth-order valence-corrected chi connectivity index (χ4v) is 5.63. The third kappa shape index (κ3) is 7.69. The molecule has 4 rings (SSSR count). The van der Waals surface area contributed by atoms with Crippen molar-refractivity contribution in [2.45, 2.75) is 57.3 Å². The molecule has 0 aliphatic carbocycles. The van der Waals surface area contributed by atoms with Crippen molar-refractivity contribution in [3.8, 4) is 5.75 Å². The van der Waals surface area contributed by atoms with Gasteiger partial charge in [0.15, 0.2) is 0 Å². The van der Waals surface area contributed by atoms with Gasteiger partial charge in [0, 0.05) is 36.6 Å². The molecule has 3 aromatic rings. The molecule has 244 valence electrons. The molecular weight excluding hydrogens is 602 g/mol. The second kappa shape index (κ2) is 13.1. The van der Waals surface area contributed by atoms with E-state index in [1.54, 1.807) is 31.4 Å². The largest absolute Gasteiger partial charge is 0.457 e. The summed E-state index contributed by atoms with van der Waals surface area (Å²) < 4.78 is 86.8. The molecule has 3 nitrogen and oxygen atoms in total. The molecule has 9 heteroatoms. The molecule has 46 heavy (non-hydrogen) atoms. The lowest BCUT2D eigenvalue weighted by molar-refractivity contribution is -0.138. The molecule has 3 aromatic carbocycles. The molecule has 0 aromatic heterocycles. The van der Waals surface area contributed by atoms with Crippen molar-refractivity contribution < 1.29 is 31.1 Å². The number of allylic oxidation sites excluding steroid dienone is 7. The number of nitrogens with zero attached hydrogens (tertiary/aromatic N) is 1. The van der Waals surface area contributed by atoms with Crippen molar-refractivity contribution in [3.05, 3.63) is 137 Å². The lowest BCUT2D eigenvalue weighted by Gasteiger charge is -2.27. The number of nitrogens with one attached hydrogen (secondary N) is 1. The topological polar surface area (TPSA) is 24.5 Å². The number of rotatable bonds is 9. The van der Waals surface area contributed by atoms with E-state index >= 15 is 0 Å². The van der Waals surface area contributed by atoms with E-state index in [0.717, 1.165) is 17.8 Å². The standard InChI is InChI=1S/C37H38F6N2O/c1-34(2,29-23-25(36(38,39)40)18-20-31(29)44-5)22-11-10-15-28(46-27-13-8-7-9-14-27)16-12-17-33-35(3,4)30-24-26(37(41,42)43)19-21-32(30)45(33)6/h7-21,23-24,44H,22H2,1-6H3/b11-10+,16-12+,28-15-,33-17+. The molecule has 0 amide bonds. The van der Waals surface area contributed by atoms with Crippen molar-refractivity contribution in [1.29, 1.82) is 0 Å². The van der Waals surface area contributed by atoms with E-state index in [4.69, 9.17) is 4.74 Å². The van der Waals surface area contributed by atoms with Gasteiger partial charge in [0.2, 0.25) is 0 Å². The fourth-order valence-electron chi connectivity index (χ4n) is 5.63. The van der Waals surface area contributed by atoms with Gasteiger partial charge in [0.25, 0.3) is 0 Å². The maximum atomic E-state index is 13.4. The van der Waals surface area contributed by atoms with E-state index < -0.39 is 34.3 Å². The molecule has 1 heterocycles. The average molecular weight is 641 g/mol. The molecule has 0 spiro atoms. The smallest absolute Gasteiger partial charge is 0.416 e. The van der Waals surface area contributed by atoms with Crippen LogP contribution in [0.1, 0.15) is 56.4 Å². The Morgan fingerprint density at radius 1 is 0.870 bits per heavy atom. The Bertz CT molecular complexity index is 1660. The van der Waals surface area contributed by atoms with Crippen molar-refractivity contribution in [3.63, 3.8) is 0 Å². The maximum Gasteiger partial charge on any atom is 0.416 e. The first-order chi connectivity index (χ1) is 21.4. The summed E-state index contributed by atoms with van der Waals surface area (Å²) in [4.78, 5) is 1.89. The van der Waals surface area contributed by atoms with Crippen LogP contribution in [0.25, 0.3) is 0 Å². The van der Waals surface area contributed by atoms with E-state index in [-0.39, 0.29) is 0 Å². The van der Waals surface area contributed by atoms with Gasteiger partial charge in [-0.25, -0.2) is 0 Å². The summed E-state index contributed by atoms with van der Waals surface area (Å²) in [5.74, 6) is 1.09. The summed E-state index contributed by atoms with van der Waals surface area (Å²) >= 11 is 0. The first-order valence-electron chi connectivity index (χ1n) is 14.8. The van der Waals surface area contributed by atoms with Crippen LogP contribution in [0, 0.1) is 0 Å². The summed E-state index contributed by atoms with van der Waals surface area (Å²) in [6.45, 7) is 7.56. The van der Waals surface area contributed by atoms with Gasteiger partial charge >= 0.3 is 12.4 Å². The van der Waals surface area contributed by atoms with Crippen LogP contribution in [0.5, 0.6) is 5.75 Å². The molecule has 0 fully saturated rings. The number of benzene rings is 3. The van der Waals surface area contributed by atoms with Crippen LogP contribution in [-0.2, 0) is 23.2 Å². The minimum Gasteiger partial charge on any atom is -0.457 e. The Hall–Kier alpha value is -4.40. The van der Waals surface area contributed by atoms with Crippen molar-refractivity contribution in [2.75, 3.05) is 24.3 Å². The van der Waals surface area contributed by atoms with Crippen molar-refractivity contribution in [1.82, 2.24) is 0 Å². The van der Waals surface area contributed by atoms with Crippen molar-refractivity contribution in [2.24, 2.45) is 0 Å². The summed E-state index contributed by atoms with van der Waals surface area (Å²) in [6.07, 6.45) is 2.41. The van der Waals surface area contributed by atoms with Gasteiger partial charge in [-0.15, -0.1) is 0 Å². The van der Waals surface area contributed by atoms with E-state index in [1.165, 1.54) is 24.3 Å². The third-order valence-corrected chi connectivity index (χ3v) is 8.22. The van der Waals surface area contributed by atoms with Crippen LogP contribution in [0.2, 0.25) is 0 Å². The second-order valence-electron chi connectivity index (χ2n) is 12.3. The van der Waals surface area contributed by atoms with Crippen molar-refractivity contribution >= 4 is 11.4 Å². The predicted octanol–water partition coefficient (Wildman–Crippen LogP) is 10.8. The summed E-state index contributed by atoms with van der Waals surface area (Å²) in [5.41, 5.74) is 0.615. The van der Waals surface area contributed by atoms with Gasteiger partial charge in [-0.05, 0) is 89.7 Å². The van der Waals surface area contributed by atoms with Crippen LogP contribution in [0.4, 0.5) is 37.7 Å². The van der Waals surface area contributed by atoms with Gasteiger partial charge in [0.05, 0.1) is 11.1 Å². The Kier molecular flexibility index (Phi) is 9.85. The number of likely N-dealkylation sites (N-methyl/N-ethyl adjacent to an activating group) is 1. The SMILES string of the molecule is CNc1ccc(C(F)(F)F)cc1C(C)(C)C/C=C/C=C(/C=C/C=C1/N(C)c2ccc(C(F)(F)F)cc2C1(C)C)Oc1ccccc1. The van der Waals surface area contributed by atoms with Gasteiger partial charge < -0.3 is 15.0 Å². The highest BCUT2D eigenvalue weighted by Gasteiger charge is 2.41. The third-order valence-electron chi connectivity index (χ3n) is 8.22. The molecule has 0 radical (unpaired) electrons. The maximum absolute atomic E-state index is 13.4. The van der Waals surface area contributed by atoms with E-state index in [2.05, 4.69) is 5.32 Å². The van der Waals surface area contributed by atoms with E-state index in [9.17, 15) is 26.3 Å². The number of fused-ring (bicyclic) bond motifs is 1. The zero-order valence-electron chi connectivity index (χ0n) is 26.6. The Labute approximate surface area is 266 Å². The summed E-state index contributed by atoms with van der Waals surface area (Å²) in [5, 5.41) is 3.00. The first kappa shape index (κ1) is 34.5. The highest BCUT2D eigenvalue weighted by atomic mass is 19.4. The number of ether oxygens (including phenoxy) is 1. The molecule has 1 N–H and O–H groups in total. The zero-order chi connectivity index (χ0) is 33.9. The predicted molar refractivity (Wildman–Crippen MR) is 173 cm³/mol. The number of para-hydroxylation sites is 1. The zero-order valence-corrected chi connectivity index (χ0v) is 26.6. The van der Waals surface area contributed by atoms with Crippen LogP contribution in [0.15, 0.2) is 115 Å². The summed E-state index contributed by atoms with van der Waals surface area (Å²) in [7, 11) is 3.50. The number of hydrogen-bond donors (Lipinski definition) is 1. The second-order valence-corrected chi connectivity index (χ2v) is 12.3. The molecular formula is C37H38F6N2O. The Balaban J connectivity index is 1.60. The first-order valence-corrected chi connectivity index (χ1v) is 14.8. The van der Waals surface area contributed by atoms with Crippen LogP contribution < -0.4 is 15.0 Å². The average Bonchev–Trinajstić information content (AvgIpc) is 3.18. The minimum absolute atomic E-state index is 0.447. The number of alkyl halides is 6. The molecule has 0 bridgehead atoms. The lowest BCUT2D eigenvalue weighted by Crippen LogP contribution is -2.22. The Morgan fingerprint density at radius 2 is 1.50 bits per heavy atom. The molecule has 1 aliphatic rings. The summed E-state index contributed by atoms with van der Waals surface area (Å²) in [6, 6.07) is 16.7. The minimum atomic E-state index is -4.45.